The van der Waals surface area contributed by atoms with Crippen LogP contribution in [-0.4, -0.2) is 25.2 Å². The highest BCUT2D eigenvalue weighted by atomic mass is 79.9. The van der Waals surface area contributed by atoms with Crippen LogP contribution in [-0.2, 0) is 16.0 Å². The lowest BCUT2D eigenvalue weighted by Gasteiger charge is -2.26. The van der Waals surface area contributed by atoms with E-state index in [1.165, 1.54) is 5.56 Å². The van der Waals surface area contributed by atoms with E-state index < -0.39 is 0 Å². The lowest BCUT2D eigenvalue weighted by Crippen LogP contribution is -2.48. The Balaban J connectivity index is 1.73. The molecule has 2 rings (SSSR count). The molecule has 4 heteroatoms. The van der Waals surface area contributed by atoms with Gasteiger partial charge in [0.2, 0.25) is 5.91 Å². The number of hydrogen-bond acceptors (Lipinski definition) is 2. The van der Waals surface area contributed by atoms with Gasteiger partial charge in [0.1, 0.15) is 0 Å². The number of aryl methyl sites for hydroxylation is 1. The van der Waals surface area contributed by atoms with Crippen molar-refractivity contribution < 1.29 is 9.53 Å². The Labute approximate surface area is 103 Å². The Morgan fingerprint density at radius 1 is 1.38 bits per heavy atom. The van der Waals surface area contributed by atoms with Crippen LogP contribution >= 0.6 is 15.9 Å². The number of rotatable bonds is 4. The van der Waals surface area contributed by atoms with Crippen LogP contribution in [0.4, 0.5) is 0 Å². The molecule has 3 nitrogen and oxygen atoms in total. The summed E-state index contributed by atoms with van der Waals surface area (Å²) in [4.78, 5) is 11.5. The van der Waals surface area contributed by atoms with Gasteiger partial charge in [0.05, 0.1) is 19.3 Å². The predicted molar refractivity (Wildman–Crippen MR) is 65.2 cm³/mol. The SMILES string of the molecule is O=C(CCc1ccc(Br)cc1)NC1COC1. The molecule has 1 aliphatic rings. The van der Waals surface area contributed by atoms with Crippen LogP contribution in [0, 0.1) is 0 Å². The molecular formula is C12H14BrNO2. The molecule has 1 aromatic carbocycles. The van der Waals surface area contributed by atoms with Crippen molar-refractivity contribution in [1.82, 2.24) is 5.32 Å². The third-order valence-corrected chi connectivity index (χ3v) is 3.09. The maximum atomic E-state index is 11.5. The van der Waals surface area contributed by atoms with Crippen LogP contribution in [0.15, 0.2) is 28.7 Å². The molecule has 1 amide bonds. The highest BCUT2D eigenvalue weighted by molar-refractivity contribution is 9.10. The van der Waals surface area contributed by atoms with Gasteiger partial charge in [0.15, 0.2) is 0 Å². The molecule has 0 aliphatic carbocycles. The maximum absolute atomic E-state index is 11.5. The van der Waals surface area contributed by atoms with E-state index in [0.29, 0.717) is 19.6 Å². The van der Waals surface area contributed by atoms with Crippen molar-refractivity contribution in [2.45, 2.75) is 18.9 Å². The summed E-state index contributed by atoms with van der Waals surface area (Å²) in [6.07, 6.45) is 1.32. The Kier molecular flexibility index (Phi) is 3.96. The summed E-state index contributed by atoms with van der Waals surface area (Å²) in [6, 6.07) is 8.28. The molecule has 0 spiro atoms. The highest BCUT2D eigenvalue weighted by Gasteiger charge is 2.19. The molecule has 1 saturated heterocycles. The van der Waals surface area contributed by atoms with Crippen molar-refractivity contribution >= 4 is 21.8 Å². The quantitative estimate of drug-likeness (QED) is 0.917. The molecule has 0 atom stereocenters. The Morgan fingerprint density at radius 2 is 2.06 bits per heavy atom. The number of carbonyl (C=O) groups is 1. The minimum Gasteiger partial charge on any atom is -0.377 e. The number of hydrogen-bond donors (Lipinski definition) is 1. The number of benzene rings is 1. The summed E-state index contributed by atoms with van der Waals surface area (Å²) in [6.45, 7) is 1.31. The van der Waals surface area contributed by atoms with Crippen molar-refractivity contribution in [1.29, 1.82) is 0 Å². The molecular weight excluding hydrogens is 270 g/mol. The van der Waals surface area contributed by atoms with Gasteiger partial charge in [0.25, 0.3) is 0 Å². The van der Waals surface area contributed by atoms with Gasteiger partial charge < -0.3 is 10.1 Å². The summed E-state index contributed by atoms with van der Waals surface area (Å²) in [5.74, 6) is 0.108. The summed E-state index contributed by atoms with van der Waals surface area (Å²) in [5.41, 5.74) is 1.18. The molecule has 1 heterocycles. The Hall–Kier alpha value is -0.870. The first-order valence-electron chi connectivity index (χ1n) is 5.35. The zero-order valence-electron chi connectivity index (χ0n) is 8.91. The predicted octanol–water partition coefficient (Wildman–Crippen LogP) is 1.90. The van der Waals surface area contributed by atoms with E-state index in [-0.39, 0.29) is 11.9 Å². The van der Waals surface area contributed by atoms with Crippen LogP contribution in [0.25, 0.3) is 0 Å². The van der Waals surface area contributed by atoms with Crippen molar-refractivity contribution in [2.24, 2.45) is 0 Å². The summed E-state index contributed by atoms with van der Waals surface area (Å²) in [7, 11) is 0. The molecule has 86 valence electrons. The number of ether oxygens (including phenoxy) is 1. The fourth-order valence-corrected chi connectivity index (χ4v) is 1.79. The first-order chi connectivity index (χ1) is 7.74. The minimum atomic E-state index is 0.108. The zero-order valence-corrected chi connectivity index (χ0v) is 10.5. The van der Waals surface area contributed by atoms with Gasteiger partial charge in [0, 0.05) is 10.9 Å². The number of amides is 1. The van der Waals surface area contributed by atoms with Crippen LogP contribution < -0.4 is 5.32 Å². The lowest BCUT2D eigenvalue weighted by atomic mass is 10.1. The van der Waals surface area contributed by atoms with E-state index >= 15 is 0 Å². The highest BCUT2D eigenvalue weighted by Crippen LogP contribution is 2.11. The van der Waals surface area contributed by atoms with E-state index in [2.05, 4.69) is 21.2 Å². The van der Waals surface area contributed by atoms with E-state index in [9.17, 15) is 4.79 Å². The van der Waals surface area contributed by atoms with Gasteiger partial charge in [-0.1, -0.05) is 28.1 Å². The smallest absolute Gasteiger partial charge is 0.220 e. The molecule has 0 saturated carbocycles. The molecule has 1 N–H and O–H groups in total. The topological polar surface area (TPSA) is 38.3 Å². The molecule has 0 unspecified atom stereocenters. The summed E-state index contributed by atoms with van der Waals surface area (Å²) in [5, 5.41) is 2.92. The van der Waals surface area contributed by atoms with Gasteiger partial charge in [-0.3, -0.25) is 4.79 Å². The first kappa shape index (κ1) is 11.6. The fraction of sp³-hybridized carbons (Fsp3) is 0.417. The second-order valence-corrected chi connectivity index (χ2v) is 4.84. The van der Waals surface area contributed by atoms with Crippen molar-refractivity contribution in [3.63, 3.8) is 0 Å². The number of halogens is 1. The summed E-state index contributed by atoms with van der Waals surface area (Å²) >= 11 is 3.38. The Bertz CT molecular complexity index is 360. The molecule has 1 fully saturated rings. The van der Waals surface area contributed by atoms with Crippen LogP contribution in [0.2, 0.25) is 0 Å². The zero-order chi connectivity index (χ0) is 11.4. The van der Waals surface area contributed by atoms with Gasteiger partial charge in [-0.2, -0.15) is 0 Å². The minimum absolute atomic E-state index is 0.108. The second-order valence-electron chi connectivity index (χ2n) is 3.93. The number of nitrogens with one attached hydrogen (secondary N) is 1. The normalized spacial score (nSPS) is 15.6. The third-order valence-electron chi connectivity index (χ3n) is 2.56. The van der Waals surface area contributed by atoms with Gasteiger partial charge in [-0.25, -0.2) is 0 Å². The van der Waals surface area contributed by atoms with E-state index in [1.54, 1.807) is 0 Å². The van der Waals surface area contributed by atoms with E-state index in [4.69, 9.17) is 4.74 Å². The van der Waals surface area contributed by atoms with Crippen molar-refractivity contribution in [2.75, 3.05) is 13.2 Å². The lowest BCUT2D eigenvalue weighted by molar-refractivity contribution is -0.125. The molecule has 1 aliphatic heterocycles. The van der Waals surface area contributed by atoms with E-state index in [0.717, 1.165) is 10.9 Å². The maximum Gasteiger partial charge on any atom is 0.220 e. The molecule has 1 aromatic rings. The average Bonchev–Trinajstić information content (AvgIpc) is 2.23. The third kappa shape index (κ3) is 3.32. The van der Waals surface area contributed by atoms with E-state index in [1.807, 2.05) is 24.3 Å². The fourth-order valence-electron chi connectivity index (χ4n) is 1.53. The van der Waals surface area contributed by atoms with Crippen LogP contribution in [0.5, 0.6) is 0 Å². The van der Waals surface area contributed by atoms with Crippen molar-refractivity contribution in [3.8, 4) is 0 Å². The number of carbonyl (C=O) groups excluding carboxylic acids is 1. The van der Waals surface area contributed by atoms with Crippen LogP contribution in [0.1, 0.15) is 12.0 Å². The van der Waals surface area contributed by atoms with Crippen molar-refractivity contribution in [3.05, 3.63) is 34.3 Å². The standard InChI is InChI=1S/C12H14BrNO2/c13-10-4-1-9(2-5-10)3-6-12(15)14-11-7-16-8-11/h1-2,4-5,11H,3,6-8H2,(H,14,15). The molecule has 0 bridgehead atoms. The average molecular weight is 284 g/mol. The second kappa shape index (κ2) is 5.46. The van der Waals surface area contributed by atoms with Gasteiger partial charge in [-0.15, -0.1) is 0 Å². The Morgan fingerprint density at radius 3 is 2.62 bits per heavy atom. The monoisotopic (exact) mass is 283 g/mol. The van der Waals surface area contributed by atoms with Gasteiger partial charge in [-0.05, 0) is 24.1 Å². The van der Waals surface area contributed by atoms with Crippen LogP contribution in [0.3, 0.4) is 0 Å². The first-order valence-corrected chi connectivity index (χ1v) is 6.15. The molecule has 0 radical (unpaired) electrons. The molecule has 0 aromatic heterocycles. The van der Waals surface area contributed by atoms with Gasteiger partial charge >= 0.3 is 0 Å². The molecule has 16 heavy (non-hydrogen) atoms. The summed E-state index contributed by atoms with van der Waals surface area (Å²) < 4.78 is 6.05. The largest absolute Gasteiger partial charge is 0.377 e.